The standard InChI is InChI=1S/C28H27NO4S/c1-29-14-2-3-18(16-29)17-33-23-11-6-19(7-12-23)27(32)26-24-13-10-22(31)15-25(24)34-28(26)20-4-8-21(30)9-5-20/h4-13,15,18,30-31H,2-3,14,16-17H2,1H3. The number of hydrogen-bond acceptors (Lipinski definition) is 6. The molecule has 4 aromatic rings. The summed E-state index contributed by atoms with van der Waals surface area (Å²) < 4.78 is 6.86. The summed E-state index contributed by atoms with van der Waals surface area (Å²) in [7, 11) is 2.15. The minimum atomic E-state index is -0.0829. The highest BCUT2D eigenvalue weighted by atomic mass is 32.1. The van der Waals surface area contributed by atoms with Crippen LogP contribution in [-0.2, 0) is 0 Å². The Hall–Kier alpha value is -3.35. The van der Waals surface area contributed by atoms with Gasteiger partial charge in [0.1, 0.15) is 17.2 Å². The monoisotopic (exact) mass is 473 g/mol. The third kappa shape index (κ3) is 4.65. The van der Waals surface area contributed by atoms with Gasteiger partial charge in [0.15, 0.2) is 5.78 Å². The molecule has 34 heavy (non-hydrogen) atoms. The first-order valence-electron chi connectivity index (χ1n) is 11.5. The van der Waals surface area contributed by atoms with Crippen LogP contribution in [0.15, 0.2) is 66.7 Å². The van der Waals surface area contributed by atoms with Crippen molar-refractivity contribution in [2.24, 2.45) is 5.92 Å². The van der Waals surface area contributed by atoms with Gasteiger partial charge in [-0.25, -0.2) is 0 Å². The number of aromatic hydroxyl groups is 2. The molecule has 1 aliphatic rings. The normalized spacial score (nSPS) is 16.6. The molecule has 0 spiro atoms. The number of piperidine rings is 1. The first kappa shape index (κ1) is 22.4. The van der Waals surface area contributed by atoms with Gasteiger partial charge in [0, 0.05) is 38.6 Å². The minimum Gasteiger partial charge on any atom is -0.508 e. The Morgan fingerprint density at radius 3 is 2.50 bits per heavy atom. The molecule has 1 aromatic heterocycles. The van der Waals surface area contributed by atoms with Gasteiger partial charge in [0.05, 0.1) is 6.61 Å². The molecule has 174 valence electrons. The third-order valence-corrected chi connectivity index (χ3v) is 7.56. The number of nitrogens with zero attached hydrogens (tertiary/aromatic N) is 1. The highest BCUT2D eigenvalue weighted by Crippen LogP contribution is 2.41. The van der Waals surface area contributed by atoms with Gasteiger partial charge in [0.2, 0.25) is 0 Å². The number of fused-ring (bicyclic) bond motifs is 1. The van der Waals surface area contributed by atoms with Gasteiger partial charge < -0.3 is 19.8 Å². The number of ether oxygens (including phenoxy) is 1. The third-order valence-electron chi connectivity index (χ3n) is 6.35. The van der Waals surface area contributed by atoms with Crippen molar-refractivity contribution < 1.29 is 19.7 Å². The molecule has 0 saturated carbocycles. The molecule has 5 rings (SSSR count). The Bertz CT molecular complexity index is 1310. The zero-order chi connectivity index (χ0) is 23.7. The van der Waals surface area contributed by atoms with Crippen molar-refractivity contribution in [2.75, 3.05) is 26.7 Å². The summed E-state index contributed by atoms with van der Waals surface area (Å²) in [5.74, 6) is 1.55. The lowest BCUT2D eigenvalue weighted by atomic mass is 9.97. The van der Waals surface area contributed by atoms with Gasteiger partial charge in [-0.05, 0) is 98.7 Å². The van der Waals surface area contributed by atoms with Crippen LogP contribution in [0.4, 0.5) is 0 Å². The van der Waals surface area contributed by atoms with Crippen molar-refractivity contribution in [3.63, 3.8) is 0 Å². The second kappa shape index (κ2) is 9.49. The van der Waals surface area contributed by atoms with Gasteiger partial charge in [-0.3, -0.25) is 4.79 Å². The fraction of sp³-hybridized carbons (Fsp3) is 0.250. The van der Waals surface area contributed by atoms with E-state index in [1.807, 2.05) is 24.3 Å². The Morgan fingerprint density at radius 2 is 1.76 bits per heavy atom. The maximum atomic E-state index is 13.7. The molecular formula is C28H27NO4S. The van der Waals surface area contributed by atoms with Crippen LogP contribution in [-0.4, -0.2) is 47.6 Å². The van der Waals surface area contributed by atoms with Crippen LogP contribution in [0.1, 0.15) is 28.8 Å². The fourth-order valence-electron chi connectivity index (χ4n) is 4.60. The van der Waals surface area contributed by atoms with E-state index < -0.39 is 0 Å². The molecule has 5 nitrogen and oxygen atoms in total. The molecule has 3 aromatic carbocycles. The number of likely N-dealkylation sites (tertiary alicyclic amines) is 1. The lowest BCUT2D eigenvalue weighted by molar-refractivity contribution is 0.104. The molecule has 6 heteroatoms. The van der Waals surface area contributed by atoms with E-state index in [0.717, 1.165) is 39.4 Å². The molecule has 0 radical (unpaired) electrons. The Balaban J connectivity index is 1.42. The molecule has 2 heterocycles. The van der Waals surface area contributed by atoms with Crippen LogP contribution in [0.2, 0.25) is 0 Å². The summed E-state index contributed by atoms with van der Waals surface area (Å²) in [4.78, 5) is 16.8. The zero-order valence-electron chi connectivity index (χ0n) is 19.0. The summed E-state index contributed by atoms with van der Waals surface area (Å²) >= 11 is 1.46. The van der Waals surface area contributed by atoms with Gasteiger partial charge in [-0.15, -0.1) is 11.3 Å². The first-order valence-corrected chi connectivity index (χ1v) is 12.3. The second-order valence-corrected chi connectivity index (χ2v) is 10.0. The largest absolute Gasteiger partial charge is 0.508 e. The molecule has 1 atom stereocenters. The van der Waals surface area contributed by atoms with E-state index in [0.29, 0.717) is 23.7 Å². The van der Waals surface area contributed by atoms with Crippen molar-refractivity contribution in [3.8, 4) is 27.7 Å². The highest BCUT2D eigenvalue weighted by Gasteiger charge is 2.22. The van der Waals surface area contributed by atoms with Crippen molar-refractivity contribution >= 4 is 27.2 Å². The predicted octanol–water partition coefficient (Wildman–Crippen LogP) is 5.93. The SMILES string of the molecule is CN1CCCC(COc2ccc(C(=O)c3c(-c4ccc(O)cc4)sc4cc(O)ccc34)cc2)C1. The van der Waals surface area contributed by atoms with Crippen LogP contribution in [0.5, 0.6) is 17.2 Å². The topological polar surface area (TPSA) is 70.0 Å². The van der Waals surface area contributed by atoms with Crippen molar-refractivity contribution in [2.45, 2.75) is 12.8 Å². The van der Waals surface area contributed by atoms with Gasteiger partial charge in [-0.2, -0.15) is 0 Å². The van der Waals surface area contributed by atoms with E-state index in [-0.39, 0.29) is 17.3 Å². The minimum absolute atomic E-state index is 0.0829. The lowest BCUT2D eigenvalue weighted by Gasteiger charge is -2.29. The molecular weight excluding hydrogens is 446 g/mol. The van der Waals surface area contributed by atoms with Crippen LogP contribution in [0.25, 0.3) is 20.5 Å². The summed E-state index contributed by atoms with van der Waals surface area (Å²) in [5, 5.41) is 20.4. The number of rotatable bonds is 6. The number of thiophene rings is 1. The Morgan fingerprint density at radius 1 is 1.03 bits per heavy atom. The summed E-state index contributed by atoms with van der Waals surface area (Å²) in [6.07, 6.45) is 2.38. The molecule has 1 aliphatic heterocycles. The van der Waals surface area contributed by atoms with E-state index in [1.165, 1.54) is 24.2 Å². The average Bonchev–Trinajstić information content (AvgIpc) is 3.21. The second-order valence-electron chi connectivity index (χ2n) is 8.97. The van der Waals surface area contributed by atoms with Crippen LogP contribution < -0.4 is 4.74 Å². The van der Waals surface area contributed by atoms with Crippen molar-refractivity contribution in [3.05, 3.63) is 77.9 Å². The van der Waals surface area contributed by atoms with E-state index in [4.69, 9.17) is 4.74 Å². The maximum Gasteiger partial charge on any atom is 0.195 e. The molecule has 0 amide bonds. The number of carbonyl (C=O) groups excluding carboxylic acids is 1. The fourth-order valence-corrected chi connectivity index (χ4v) is 5.84. The predicted molar refractivity (Wildman–Crippen MR) is 136 cm³/mol. The van der Waals surface area contributed by atoms with E-state index in [2.05, 4.69) is 11.9 Å². The number of carbonyl (C=O) groups is 1. The van der Waals surface area contributed by atoms with Crippen LogP contribution in [0, 0.1) is 5.92 Å². The van der Waals surface area contributed by atoms with Crippen LogP contribution in [0.3, 0.4) is 0 Å². The van der Waals surface area contributed by atoms with Gasteiger partial charge >= 0.3 is 0 Å². The molecule has 2 N–H and O–H groups in total. The Kier molecular flexibility index (Phi) is 6.26. The number of ketones is 1. The van der Waals surface area contributed by atoms with E-state index in [9.17, 15) is 15.0 Å². The summed E-state index contributed by atoms with van der Waals surface area (Å²) in [6, 6.07) is 19.3. The zero-order valence-corrected chi connectivity index (χ0v) is 19.8. The maximum absolute atomic E-state index is 13.7. The quantitative estimate of drug-likeness (QED) is 0.340. The van der Waals surface area contributed by atoms with Gasteiger partial charge in [0.25, 0.3) is 0 Å². The van der Waals surface area contributed by atoms with Crippen LogP contribution >= 0.6 is 11.3 Å². The molecule has 1 saturated heterocycles. The molecule has 1 unspecified atom stereocenters. The number of hydrogen-bond donors (Lipinski definition) is 2. The first-order chi connectivity index (χ1) is 16.5. The molecule has 0 bridgehead atoms. The number of phenolic OH excluding ortho intramolecular Hbond substituents is 2. The summed E-state index contributed by atoms with van der Waals surface area (Å²) in [6.45, 7) is 2.88. The lowest BCUT2D eigenvalue weighted by Crippen LogP contribution is -2.34. The number of phenols is 2. The number of benzene rings is 3. The van der Waals surface area contributed by atoms with Gasteiger partial charge in [-0.1, -0.05) is 0 Å². The highest BCUT2D eigenvalue weighted by molar-refractivity contribution is 7.22. The van der Waals surface area contributed by atoms with E-state index in [1.54, 1.807) is 42.5 Å². The van der Waals surface area contributed by atoms with E-state index >= 15 is 0 Å². The average molecular weight is 474 g/mol. The smallest absolute Gasteiger partial charge is 0.195 e. The van der Waals surface area contributed by atoms with Crippen molar-refractivity contribution in [1.82, 2.24) is 4.90 Å². The Labute approximate surface area is 202 Å². The molecule has 1 fully saturated rings. The van der Waals surface area contributed by atoms with Crippen molar-refractivity contribution in [1.29, 1.82) is 0 Å². The molecule has 0 aliphatic carbocycles. The summed E-state index contributed by atoms with van der Waals surface area (Å²) in [5.41, 5.74) is 2.03.